The topological polar surface area (TPSA) is 50.4 Å². The lowest BCUT2D eigenvalue weighted by molar-refractivity contribution is -0.128. The lowest BCUT2D eigenvalue weighted by Gasteiger charge is -2.27. The van der Waals surface area contributed by atoms with Crippen molar-refractivity contribution in [2.45, 2.75) is 45.8 Å². The summed E-state index contributed by atoms with van der Waals surface area (Å²) in [4.78, 5) is 12.2. The molecule has 2 rings (SSSR count). The molecule has 1 aromatic rings. The Balaban J connectivity index is 1.85. The quantitative estimate of drug-likeness (QED) is 0.869. The summed E-state index contributed by atoms with van der Waals surface area (Å²) in [5.74, 6) is 1.37. The Kier molecular flexibility index (Phi) is 4.88. The van der Waals surface area contributed by atoms with Crippen LogP contribution in [0.5, 0.6) is 5.75 Å². The Morgan fingerprint density at radius 3 is 2.85 bits per heavy atom. The number of amides is 1. The summed E-state index contributed by atoms with van der Waals surface area (Å²) in [6, 6.07) is 7.87. The second-order valence-electron chi connectivity index (χ2n) is 5.86. The Bertz CT molecular complexity index is 460. The molecule has 20 heavy (non-hydrogen) atoms. The third kappa shape index (κ3) is 3.89. The standard InChI is InChI=1S/C16H24N2O2/c1-11(2)8-9-12(3)18-16(19)15-10-17-13-6-4-5-7-14(13)20-15/h4-7,11-12,15,17H,8-10H2,1-3H3,(H,18,19). The van der Waals surface area contributed by atoms with Crippen LogP contribution in [0.3, 0.4) is 0 Å². The molecule has 0 aromatic heterocycles. The molecule has 1 amide bonds. The zero-order valence-corrected chi connectivity index (χ0v) is 12.5. The number of fused-ring (bicyclic) bond motifs is 1. The van der Waals surface area contributed by atoms with Gasteiger partial charge in [0.25, 0.3) is 5.91 Å². The summed E-state index contributed by atoms with van der Waals surface area (Å²) >= 11 is 0. The van der Waals surface area contributed by atoms with Crippen molar-refractivity contribution >= 4 is 11.6 Å². The molecule has 4 nitrogen and oxygen atoms in total. The number of para-hydroxylation sites is 2. The molecule has 1 heterocycles. The van der Waals surface area contributed by atoms with Crippen LogP contribution in [0.2, 0.25) is 0 Å². The van der Waals surface area contributed by atoms with E-state index in [1.807, 2.05) is 31.2 Å². The Labute approximate surface area is 120 Å². The van der Waals surface area contributed by atoms with Crippen LogP contribution in [0.4, 0.5) is 5.69 Å². The van der Waals surface area contributed by atoms with E-state index in [0.29, 0.717) is 12.5 Å². The van der Waals surface area contributed by atoms with Crippen molar-refractivity contribution < 1.29 is 9.53 Å². The van der Waals surface area contributed by atoms with Crippen LogP contribution in [-0.2, 0) is 4.79 Å². The van der Waals surface area contributed by atoms with E-state index < -0.39 is 6.10 Å². The highest BCUT2D eigenvalue weighted by atomic mass is 16.5. The largest absolute Gasteiger partial charge is 0.477 e. The van der Waals surface area contributed by atoms with Gasteiger partial charge in [0.1, 0.15) is 5.75 Å². The Morgan fingerprint density at radius 1 is 1.35 bits per heavy atom. The minimum Gasteiger partial charge on any atom is -0.477 e. The molecule has 0 aliphatic carbocycles. The third-order valence-corrected chi connectivity index (χ3v) is 3.49. The van der Waals surface area contributed by atoms with E-state index in [0.717, 1.165) is 24.3 Å². The van der Waals surface area contributed by atoms with Crippen molar-refractivity contribution in [1.29, 1.82) is 0 Å². The van der Waals surface area contributed by atoms with Crippen LogP contribution >= 0.6 is 0 Å². The molecule has 0 fully saturated rings. The summed E-state index contributed by atoms with van der Waals surface area (Å²) in [5.41, 5.74) is 0.949. The summed E-state index contributed by atoms with van der Waals surface area (Å²) in [6.07, 6.45) is 1.67. The number of ether oxygens (including phenoxy) is 1. The van der Waals surface area contributed by atoms with Gasteiger partial charge in [-0.25, -0.2) is 0 Å². The van der Waals surface area contributed by atoms with Crippen LogP contribution in [0.15, 0.2) is 24.3 Å². The molecule has 110 valence electrons. The van der Waals surface area contributed by atoms with Crippen molar-refractivity contribution in [3.05, 3.63) is 24.3 Å². The van der Waals surface area contributed by atoms with E-state index in [-0.39, 0.29) is 11.9 Å². The first-order valence-corrected chi connectivity index (χ1v) is 7.36. The maximum Gasteiger partial charge on any atom is 0.263 e. The van der Waals surface area contributed by atoms with Gasteiger partial charge in [-0.05, 0) is 37.8 Å². The van der Waals surface area contributed by atoms with Gasteiger partial charge in [0.15, 0.2) is 6.10 Å². The molecule has 0 saturated carbocycles. The molecule has 0 radical (unpaired) electrons. The fourth-order valence-electron chi connectivity index (χ4n) is 2.25. The number of hydrogen-bond acceptors (Lipinski definition) is 3. The van der Waals surface area contributed by atoms with Crippen molar-refractivity contribution in [3.8, 4) is 5.75 Å². The smallest absolute Gasteiger partial charge is 0.263 e. The lowest BCUT2D eigenvalue weighted by Crippen LogP contribution is -2.47. The van der Waals surface area contributed by atoms with Crippen LogP contribution in [0.1, 0.15) is 33.6 Å². The lowest BCUT2D eigenvalue weighted by atomic mass is 10.0. The highest BCUT2D eigenvalue weighted by Crippen LogP contribution is 2.28. The third-order valence-electron chi connectivity index (χ3n) is 3.49. The molecule has 1 aromatic carbocycles. The summed E-state index contributed by atoms with van der Waals surface area (Å²) in [5, 5.41) is 6.26. The van der Waals surface area contributed by atoms with E-state index in [4.69, 9.17) is 4.74 Å². The minimum atomic E-state index is -0.452. The normalized spacial score (nSPS) is 18.7. The number of carbonyl (C=O) groups is 1. The van der Waals surface area contributed by atoms with E-state index in [9.17, 15) is 4.79 Å². The monoisotopic (exact) mass is 276 g/mol. The fraction of sp³-hybridized carbons (Fsp3) is 0.562. The number of carbonyl (C=O) groups excluding carboxylic acids is 1. The van der Waals surface area contributed by atoms with Gasteiger partial charge in [-0.2, -0.15) is 0 Å². The first kappa shape index (κ1) is 14.7. The van der Waals surface area contributed by atoms with E-state index in [1.165, 1.54) is 0 Å². The van der Waals surface area contributed by atoms with Crippen LogP contribution in [-0.4, -0.2) is 24.6 Å². The van der Waals surface area contributed by atoms with E-state index in [2.05, 4.69) is 24.5 Å². The molecule has 2 unspecified atom stereocenters. The number of hydrogen-bond donors (Lipinski definition) is 2. The van der Waals surface area contributed by atoms with Crippen molar-refractivity contribution in [2.75, 3.05) is 11.9 Å². The molecule has 0 saturated heterocycles. The molecule has 0 spiro atoms. The molecular formula is C16H24N2O2. The number of rotatable bonds is 5. The van der Waals surface area contributed by atoms with Crippen LogP contribution < -0.4 is 15.4 Å². The van der Waals surface area contributed by atoms with Gasteiger partial charge in [0, 0.05) is 6.04 Å². The maximum absolute atomic E-state index is 12.2. The molecule has 1 aliphatic rings. The van der Waals surface area contributed by atoms with Crippen LogP contribution in [0, 0.1) is 5.92 Å². The van der Waals surface area contributed by atoms with Gasteiger partial charge < -0.3 is 15.4 Å². The summed E-state index contributed by atoms with van der Waals surface area (Å²) in [6.45, 7) is 6.95. The predicted octanol–water partition coefficient (Wildman–Crippen LogP) is 2.80. The molecule has 4 heteroatoms. The maximum atomic E-state index is 12.2. The van der Waals surface area contributed by atoms with Crippen LogP contribution in [0.25, 0.3) is 0 Å². The van der Waals surface area contributed by atoms with E-state index >= 15 is 0 Å². The molecule has 2 atom stereocenters. The molecule has 1 aliphatic heterocycles. The van der Waals surface area contributed by atoms with Crippen molar-refractivity contribution in [2.24, 2.45) is 5.92 Å². The average Bonchev–Trinajstić information content (AvgIpc) is 2.44. The average molecular weight is 276 g/mol. The van der Waals surface area contributed by atoms with Crippen molar-refractivity contribution in [3.63, 3.8) is 0 Å². The summed E-state index contributed by atoms with van der Waals surface area (Å²) < 4.78 is 5.75. The fourth-order valence-corrected chi connectivity index (χ4v) is 2.25. The van der Waals surface area contributed by atoms with Gasteiger partial charge in [0.05, 0.1) is 12.2 Å². The number of anilines is 1. The van der Waals surface area contributed by atoms with Crippen molar-refractivity contribution in [1.82, 2.24) is 5.32 Å². The first-order valence-electron chi connectivity index (χ1n) is 7.36. The Morgan fingerprint density at radius 2 is 2.10 bits per heavy atom. The first-order chi connectivity index (χ1) is 9.56. The molecule has 0 bridgehead atoms. The second kappa shape index (κ2) is 6.64. The summed E-state index contributed by atoms with van der Waals surface area (Å²) in [7, 11) is 0. The molecular weight excluding hydrogens is 252 g/mol. The number of benzene rings is 1. The highest BCUT2D eigenvalue weighted by Gasteiger charge is 2.26. The van der Waals surface area contributed by atoms with E-state index in [1.54, 1.807) is 0 Å². The van der Waals surface area contributed by atoms with Gasteiger partial charge in [-0.15, -0.1) is 0 Å². The highest BCUT2D eigenvalue weighted by molar-refractivity contribution is 5.83. The molecule has 2 N–H and O–H groups in total. The van der Waals surface area contributed by atoms with Gasteiger partial charge >= 0.3 is 0 Å². The van der Waals surface area contributed by atoms with Gasteiger partial charge in [-0.1, -0.05) is 26.0 Å². The predicted molar refractivity (Wildman–Crippen MR) is 81.0 cm³/mol. The minimum absolute atomic E-state index is 0.0386. The van der Waals surface area contributed by atoms with Gasteiger partial charge in [0.2, 0.25) is 0 Å². The number of nitrogens with one attached hydrogen (secondary N) is 2. The van der Waals surface area contributed by atoms with Gasteiger partial charge in [-0.3, -0.25) is 4.79 Å². The zero-order valence-electron chi connectivity index (χ0n) is 12.5. The zero-order chi connectivity index (χ0) is 14.5. The SMILES string of the molecule is CC(C)CCC(C)NC(=O)C1CNc2ccccc2O1. The second-order valence-corrected chi connectivity index (χ2v) is 5.86. The Hall–Kier alpha value is -1.71.